The van der Waals surface area contributed by atoms with E-state index in [4.69, 9.17) is 21.0 Å². The molecular weight excluding hydrogens is 512 g/mol. The van der Waals surface area contributed by atoms with E-state index in [2.05, 4.69) is 26.6 Å². The Morgan fingerprint density at radius 3 is 2.00 bits per heavy atom. The molecule has 184 valence electrons. The second kappa shape index (κ2) is 14.3. The van der Waals surface area contributed by atoms with Crippen molar-refractivity contribution in [2.45, 2.75) is 26.3 Å². The van der Waals surface area contributed by atoms with Crippen LogP contribution < -0.4 is 16.4 Å². The van der Waals surface area contributed by atoms with Crippen molar-refractivity contribution < 1.29 is 19.5 Å². The molecule has 2 unspecified atom stereocenters. The Kier molecular flexibility index (Phi) is 11.9. The number of nitrogen functional groups attached to an aromatic ring is 1. The van der Waals surface area contributed by atoms with Crippen LogP contribution in [0.25, 0.3) is 0 Å². The van der Waals surface area contributed by atoms with Gasteiger partial charge in [-0.3, -0.25) is 19.8 Å². The first kappa shape index (κ1) is 29.1. The third-order valence-corrected chi connectivity index (χ3v) is 5.38. The lowest BCUT2D eigenvalue weighted by atomic mass is 9.96. The molecule has 0 aliphatic rings. The largest absolute Gasteiger partial charge is 0.483 e. The molecule has 0 radical (unpaired) electrons. The molecule has 3 rings (SSSR count). The highest BCUT2D eigenvalue weighted by Gasteiger charge is 2.29. The van der Waals surface area contributed by atoms with Crippen molar-refractivity contribution in [3.05, 3.63) is 100 Å². The predicted molar refractivity (Wildman–Crippen MR) is 141 cm³/mol. The van der Waals surface area contributed by atoms with Gasteiger partial charge in [0.1, 0.15) is 11.8 Å². The van der Waals surface area contributed by atoms with Crippen molar-refractivity contribution in [3.8, 4) is 0 Å². The molecule has 0 aliphatic carbocycles. The van der Waals surface area contributed by atoms with E-state index >= 15 is 0 Å². The van der Waals surface area contributed by atoms with Crippen LogP contribution in [0.4, 0.5) is 5.69 Å². The molecule has 3 aromatic rings. The summed E-state index contributed by atoms with van der Waals surface area (Å²) in [6, 6.07) is 22.9. The summed E-state index contributed by atoms with van der Waals surface area (Å²) in [6.07, 6.45) is 0. The molecule has 3 aromatic carbocycles. The number of hydrogen-bond donors (Lipinski definition) is 5. The molecule has 9 heteroatoms. The number of amides is 2. The molecule has 0 saturated heterocycles. The molecule has 6 N–H and O–H groups in total. The molecule has 0 spiro atoms. The van der Waals surface area contributed by atoms with Gasteiger partial charge >= 0.3 is 0 Å². The van der Waals surface area contributed by atoms with Gasteiger partial charge in [0, 0.05) is 15.7 Å². The fourth-order valence-electron chi connectivity index (χ4n) is 3.15. The highest BCUT2D eigenvalue weighted by atomic mass is 79.9. The van der Waals surface area contributed by atoms with Crippen molar-refractivity contribution in [3.63, 3.8) is 0 Å². The zero-order valence-corrected chi connectivity index (χ0v) is 20.0. The van der Waals surface area contributed by atoms with Gasteiger partial charge in [0.15, 0.2) is 0 Å². The van der Waals surface area contributed by atoms with E-state index in [0.717, 1.165) is 10.0 Å². The molecule has 0 bridgehead atoms. The van der Waals surface area contributed by atoms with Crippen LogP contribution in [0.1, 0.15) is 43.0 Å². The number of carbonyl (C=O) groups excluding carboxylic acids is 2. The van der Waals surface area contributed by atoms with Crippen LogP contribution in [-0.2, 0) is 14.4 Å². The first-order chi connectivity index (χ1) is 16.3. The number of nitrogens with one attached hydrogen (secondary N) is 3. The maximum atomic E-state index is 13.1. The summed E-state index contributed by atoms with van der Waals surface area (Å²) in [5.74, 6) is -1.91. The number of carbonyl (C=O) groups is 3. The molecule has 2 amide bonds. The number of benzene rings is 3. The number of carboxylic acid groups (broad SMARTS) is 1. The van der Waals surface area contributed by atoms with Crippen molar-refractivity contribution >= 4 is 45.7 Å². The van der Waals surface area contributed by atoms with E-state index in [1.807, 2.05) is 37.3 Å². The van der Waals surface area contributed by atoms with Crippen LogP contribution in [-0.4, -0.2) is 29.2 Å². The Morgan fingerprint density at radius 1 is 0.943 bits per heavy atom. The van der Waals surface area contributed by atoms with Gasteiger partial charge in [0.2, 0.25) is 11.8 Å². The molecule has 0 saturated carbocycles. The van der Waals surface area contributed by atoms with Crippen LogP contribution in [0.3, 0.4) is 0 Å². The highest BCUT2D eigenvalue weighted by Crippen LogP contribution is 2.22. The summed E-state index contributed by atoms with van der Waals surface area (Å²) < 4.78 is 0.951. The zero-order chi connectivity index (χ0) is 25.1. The number of hydrogen-bond acceptors (Lipinski definition) is 4. The van der Waals surface area contributed by atoms with Crippen LogP contribution >= 0.6 is 15.9 Å². The van der Waals surface area contributed by atoms with Gasteiger partial charge in [-0.2, -0.15) is 0 Å². The van der Waals surface area contributed by atoms with Gasteiger partial charge < -0.3 is 21.5 Å². The normalized spacial score (nSPS) is 11.4. The Bertz CT molecular complexity index is 1120. The third kappa shape index (κ3) is 8.71. The Morgan fingerprint density at radius 2 is 1.49 bits per heavy atom. The van der Waals surface area contributed by atoms with Crippen LogP contribution in [0.15, 0.2) is 83.3 Å². The minimum absolute atomic E-state index is 0. The number of nitrogens with two attached hydrogens (primary N) is 1. The minimum Gasteiger partial charge on any atom is -0.483 e. The first-order valence-electron chi connectivity index (χ1n) is 10.2. The van der Waals surface area contributed by atoms with E-state index in [9.17, 15) is 9.59 Å². The maximum absolute atomic E-state index is 13.1. The predicted octanol–water partition coefficient (Wildman–Crippen LogP) is 4.67. The first-order valence-corrected chi connectivity index (χ1v) is 11.0. The summed E-state index contributed by atoms with van der Waals surface area (Å²) in [5, 5.41) is 20.1. The molecular formula is C26H29BrN4O4. The summed E-state index contributed by atoms with van der Waals surface area (Å²) in [7, 11) is 0. The molecule has 0 fully saturated rings. The van der Waals surface area contributed by atoms with Crippen LogP contribution in [0.5, 0.6) is 0 Å². The zero-order valence-electron chi connectivity index (χ0n) is 18.4. The smallest absolute Gasteiger partial charge is 0.290 e. The highest BCUT2D eigenvalue weighted by molar-refractivity contribution is 9.10. The lowest BCUT2D eigenvalue weighted by Crippen LogP contribution is -2.37. The molecule has 2 atom stereocenters. The minimum atomic E-state index is -1.02. The third-order valence-electron chi connectivity index (χ3n) is 4.85. The van der Waals surface area contributed by atoms with Crippen LogP contribution in [0, 0.1) is 5.41 Å². The molecule has 0 heterocycles. The fraction of sp³-hybridized carbons (Fsp3) is 0.154. The lowest BCUT2D eigenvalue weighted by molar-refractivity contribution is -0.129. The van der Waals surface area contributed by atoms with Crippen molar-refractivity contribution in [1.29, 1.82) is 5.41 Å². The van der Waals surface area contributed by atoms with Gasteiger partial charge in [0.25, 0.3) is 6.47 Å². The topological polar surface area (TPSA) is 145 Å². The summed E-state index contributed by atoms with van der Waals surface area (Å²) in [6.45, 7) is 1.63. The number of halogens is 1. The maximum Gasteiger partial charge on any atom is 0.290 e. The number of amidine groups is 1. The Hall–Kier alpha value is -3.98. The van der Waals surface area contributed by atoms with Gasteiger partial charge in [-0.25, -0.2) is 0 Å². The monoisotopic (exact) mass is 540 g/mol. The van der Waals surface area contributed by atoms with Gasteiger partial charge in [-0.15, -0.1) is 0 Å². The Balaban J connectivity index is 0.00000145. The molecule has 0 aromatic heterocycles. The molecule has 8 nitrogen and oxygen atoms in total. The molecule has 35 heavy (non-hydrogen) atoms. The van der Waals surface area contributed by atoms with Crippen molar-refractivity contribution in [1.82, 2.24) is 5.32 Å². The standard InChI is InChI=1S/C24H23BrN4O2.CH2O2.CH4/c1-15(16-7-11-19(25)12-8-16)28-23(30)21(17-5-3-2-4-6-17)24(31)29-20-13-9-18(10-14-20)22(26)27;2-1-3;/h2-15,21H,1H3,(H3,26,27)(H,28,30)(H,29,31);1H,(H,2,3);1H4. The van der Waals surface area contributed by atoms with Gasteiger partial charge in [-0.05, 0) is 54.4 Å². The summed E-state index contributed by atoms with van der Waals surface area (Å²) >= 11 is 3.40. The van der Waals surface area contributed by atoms with E-state index in [1.54, 1.807) is 48.5 Å². The fourth-order valence-corrected chi connectivity index (χ4v) is 3.41. The SMILES string of the molecule is C.CC(NC(=O)C(C(=O)Nc1ccc(C(=N)N)cc1)c1ccccc1)c1ccc(Br)cc1.O=CO. The van der Waals surface area contributed by atoms with E-state index in [0.29, 0.717) is 16.8 Å². The summed E-state index contributed by atoms with van der Waals surface area (Å²) in [5.41, 5.74) is 8.08. The average molecular weight is 541 g/mol. The van der Waals surface area contributed by atoms with E-state index < -0.39 is 11.8 Å². The average Bonchev–Trinajstić information content (AvgIpc) is 2.81. The van der Waals surface area contributed by atoms with Gasteiger partial charge in [0.05, 0.1) is 6.04 Å². The van der Waals surface area contributed by atoms with Crippen molar-refractivity contribution in [2.75, 3.05) is 5.32 Å². The quantitative estimate of drug-likeness (QED) is 0.128. The Labute approximate surface area is 213 Å². The number of anilines is 1. The lowest BCUT2D eigenvalue weighted by Gasteiger charge is -2.21. The second-order valence-electron chi connectivity index (χ2n) is 7.21. The molecule has 0 aliphatic heterocycles. The van der Waals surface area contributed by atoms with Crippen LogP contribution in [0.2, 0.25) is 0 Å². The van der Waals surface area contributed by atoms with E-state index in [-0.39, 0.29) is 31.7 Å². The number of rotatable bonds is 7. The van der Waals surface area contributed by atoms with Crippen molar-refractivity contribution in [2.24, 2.45) is 5.73 Å². The van der Waals surface area contributed by atoms with E-state index in [1.165, 1.54) is 0 Å². The summed E-state index contributed by atoms with van der Waals surface area (Å²) in [4.78, 5) is 34.6. The van der Waals surface area contributed by atoms with Gasteiger partial charge in [-0.1, -0.05) is 65.8 Å². The second-order valence-corrected chi connectivity index (χ2v) is 8.13.